The van der Waals surface area contributed by atoms with E-state index in [1.807, 2.05) is 37.3 Å². The van der Waals surface area contributed by atoms with Crippen LogP contribution in [-0.2, 0) is 10.5 Å². The Bertz CT molecular complexity index is 1030. The average molecular weight is 398 g/mol. The second kappa shape index (κ2) is 9.32. The number of benzene rings is 2. The van der Waals surface area contributed by atoms with Crippen LogP contribution >= 0.6 is 11.8 Å². The Morgan fingerprint density at radius 3 is 2.79 bits per heavy atom. The number of anilines is 1. The number of methoxy groups -OCH3 is 1. The monoisotopic (exact) mass is 398 g/mol. The lowest BCUT2D eigenvalue weighted by molar-refractivity contribution is -0.113. The minimum absolute atomic E-state index is 0.0710. The van der Waals surface area contributed by atoms with Gasteiger partial charge in [0.25, 0.3) is 0 Å². The first-order valence-corrected chi connectivity index (χ1v) is 10.1. The molecule has 146 valence electrons. The van der Waals surface area contributed by atoms with Crippen LogP contribution in [0, 0.1) is 0 Å². The van der Waals surface area contributed by atoms with E-state index in [0.717, 1.165) is 11.2 Å². The molecular weight excluding hydrogens is 376 g/mol. The molecular formula is C21H22N2O4S. The van der Waals surface area contributed by atoms with Crippen molar-refractivity contribution in [3.63, 3.8) is 0 Å². The molecule has 0 atom stereocenters. The Balaban J connectivity index is 1.60. The number of H-pyrrole nitrogens is 1. The number of pyridine rings is 1. The second-order valence-corrected chi connectivity index (χ2v) is 7.03. The summed E-state index contributed by atoms with van der Waals surface area (Å²) in [4.78, 5) is 27.8. The van der Waals surface area contributed by atoms with Gasteiger partial charge in [-0.1, -0.05) is 12.1 Å². The number of carbonyl (C=O) groups excluding carboxylic acids is 1. The average Bonchev–Trinajstić information content (AvgIpc) is 2.69. The summed E-state index contributed by atoms with van der Waals surface area (Å²) < 4.78 is 10.7. The van der Waals surface area contributed by atoms with E-state index >= 15 is 0 Å². The molecule has 0 aliphatic rings. The maximum Gasteiger partial charge on any atom is 0.234 e. The van der Waals surface area contributed by atoms with E-state index in [4.69, 9.17) is 9.47 Å². The van der Waals surface area contributed by atoms with Crippen molar-refractivity contribution in [3.05, 3.63) is 64.4 Å². The van der Waals surface area contributed by atoms with Gasteiger partial charge < -0.3 is 19.8 Å². The molecule has 0 aliphatic heterocycles. The van der Waals surface area contributed by atoms with E-state index in [1.54, 1.807) is 25.3 Å². The van der Waals surface area contributed by atoms with E-state index in [-0.39, 0.29) is 17.1 Å². The van der Waals surface area contributed by atoms with Crippen molar-refractivity contribution >= 4 is 34.3 Å². The van der Waals surface area contributed by atoms with Crippen molar-refractivity contribution in [2.75, 3.05) is 24.8 Å². The number of hydrogen-bond donors (Lipinski definition) is 2. The summed E-state index contributed by atoms with van der Waals surface area (Å²) in [6.45, 7) is 2.43. The van der Waals surface area contributed by atoms with Crippen LogP contribution in [0.4, 0.5) is 5.69 Å². The Labute approximate surface area is 167 Å². The van der Waals surface area contributed by atoms with Crippen LogP contribution in [0.5, 0.6) is 11.5 Å². The zero-order valence-corrected chi connectivity index (χ0v) is 16.6. The number of rotatable bonds is 8. The number of nitrogens with one attached hydrogen (secondary N) is 2. The lowest BCUT2D eigenvalue weighted by Gasteiger charge is -2.11. The van der Waals surface area contributed by atoms with Gasteiger partial charge in [0.1, 0.15) is 11.5 Å². The third kappa shape index (κ3) is 4.86. The highest BCUT2D eigenvalue weighted by atomic mass is 32.2. The quantitative estimate of drug-likeness (QED) is 0.603. The summed E-state index contributed by atoms with van der Waals surface area (Å²) in [5.74, 6) is 1.97. The van der Waals surface area contributed by atoms with Crippen LogP contribution < -0.4 is 20.2 Å². The summed E-state index contributed by atoms with van der Waals surface area (Å²) in [5, 5.41) is 3.45. The SMILES string of the molecule is CCOc1ccccc1NC(=O)CSCc1cc(=O)c2cc(OC)ccc2[nH]1. The van der Waals surface area contributed by atoms with Gasteiger partial charge in [-0.2, -0.15) is 0 Å². The molecule has 0 bridgehead atoms. The van der Waals surface area contributed by atoms with E-state index in [9.17, 15) is 9.59 Å². The first kappa shape index (κ1) is 19.8. The number of aromatic nitrogens is 1. The van der Waals surface area contributed by atoms with Crippen LogP contribution in [0.1, 0.15) is 12.6 Å². The van der Waals surface area contributed by atoms with Crippen LogP contribution in [0.15, 0.2) is 53.3 Å². The lowest BCUT2D eigenvalue weighted by Crippen LogP contribution is -2.15. The smallest absolute Gasteiger partial charge is 0.234 e. The van der Waals surface area contributed by atoms with E-state index in [0.29, 0.717) is 34.9 Å². The number of aromatic amines is 1. The molecule has 0 saturated carbocycles. The molecule has 28 heavy (non-hydrogen) atoms. The number of para-hydroxylation sites is 2. The highest BCUT2D eigenvalue weighted by molar-refractivity contribution is 7.99. The molecule has 0 unspecified atom stereocenters. The lowest BCUT2D eigenvalue weighted by atomic mass is 10.2. The van der Waals surface area contributed by atoms with Crippen molar-refractivity contribution in [3.8, 4) is 11.5 Å². The van der Waals surface area contributed by atoms with E-state index < -0.39 is 0 Å². The fraction of sp³-hybridized carbons (Fsp3) is 0.238. The molecule has 6 nitrogen and oxygen atoms in total. The van der Waals surface area contributed by atoms with Crippen LogP contribution in [0.2, 0.25) is 0 Å². The van der Waals surface area contributed by atoms with Gasteiger partial charge in [0.15, 0.2) is 5.43 Å². The molecule has 2 N–H and O–H groups in total. The molecule has 3 rings (SSSR count). The highest BCUT2D eigenvalue weighted by Gasteiger charge is 2.09. The van der Waals surface area contributed by atoms with Gasteiger partial charge in [-0.25, -0.2) is 0 Å². The predicted molar refractivity (Wildman–Crippen MR) is 114 cm³/mol. The third-order valence-electron chi connectivity index (χ3n) is 4.04. The molecule has 0 aliphatic carbocycles. The zero-order chi connectivity index (χ0) is 19.9. The van der Waals surface area contributed by atoms with E-state index in [1.165, 1.54) is 11.8 Å². The maximum atomic E-state index is 12.3. The van der Waals surface area contributed by atoms with E-state index in [2.05, 4.69) is 10.3 Å². The summed E-state index contributed by atoms with van der Waals surface area (Å²) >= 11 is 1.43. The molecule has 0 spiro atoms. The van der Waals surface area contributed by atoms with Crippen molar-refractivity contribution in [1.29, 1.82) is 0 Å². The summed E-state index contributed by atoms with van der Waals surface area (Å²) in [7, 11) is 1.57. The number of ether oxygens (including phenoxy) is 2. The standard InChI is InChI=1S/C21H22N2O4S/c1-3-27-20-7-5-4-6-18(20)23-21(25)13-28-12-14-10-19(24)16-11-15(26-2)8-9-17(16)22-14/h4-11H,3,12-13H2,1-2H3,(H,22,24)(H,23,25). The molecule has 0 saturated heterocycles. The molecule has 0 radical (unpaired) electrons. The summed E-state index contributed by atoms with van der Waals surface area (Å²) in [6, 6.07) is 14.2. The fourth-order valence-corrected chi connectivity index (χ4v) is 3.51. The van der Waals surface area contributed by atoms with Gasteiger partial charge >= 0.3 is 0 Å². The van der Waals surface area contributed by atoms with Gasteiger partial charge in [0, 0.05) is 28.4 Å². The van der Waals surface area contributed by atoms with Crippen molar-refractivity contribution < 1.29 is 14.3 Å². The third-order valence-corrected chi connectivity index (χ3v) is 5.03. The largest absolute Gasteiger partial charge is 0.497 e. The number of hydrogen-bond acceptors (Lipinski definition) is 5. The molecule has 2 aromatic carbocycles. The number of fused-ring (bicyclic) bond motifs is 1. The van der Waals surface area contributed by atoms with Gasteiger partial charge in [-0.15, -0.1) is 11.8 Å². The van der Waals surface area contributed by atoms with Gasteiger partial charge in [-0.05, 0) is 37.3 Å². The molecule has 1 aromatic heterocycles. The first-order valence-electron chi connectivity index (χ1n) is 8.90. The Kier molecular flexibility index (Phi) is 6.60. The maximum absolute atomic E-state index is 12.3. The number of amides is 1. The number of carbonyl (C=O) groups is 1. The topological polar surface area (TPSA) is 80.4 Å². The molecule has 1 amide bonds. The predicted octanol–water partition coefficient (Wildman–Crippen LogP) is 3.81. The fourth-order valence-electron chi connectivity index (χ4n) is 2.78. The molecule has 3 aromatic rings. The first-order chi connectivity index (χ1) is 13.6. The zero-order valence-electron chi connectivity index (χ0n) is 15.8. The molecule has 7 heteroatoms. The Hall–Kier alpha value is -2.93. The second-order valence-electron chi connectivity index (χ2n) is 6.04. The van der Waals surface area contributed by atoms with Crippen LogP contribution in [0.3, 0.4) is 0 Å². The summed E-state index contributed by atoms with van der Waals surface area (Å²) in [5.41, 5.74) is 2.11. The van der Waals surface area contributed by atoms with Crippen LogP contribution in [0.25, 0.3) is 10.9 Å². The van der Waals surface area contributed by atoms with Crippen molar-refractivity contribution in [2.45, 2.75) is 12.7 Å². The molecule has 1 heterocycles. The summed E-state index contributed by atoms with van der Waals surface area (Å²) in [6.07, 6.45) is 0. The van der Waals surface area contributed by atoms with Gasteiger partial charge in [0.05, 0.1) is 25.2 Å². The normalized spacial score (nSPS) is 10.6. The van der Waals surface area contributed by atoms with Crippen molar-refractivity contribution in [2.24, 2.45) is 0 Å². The molecule has 0 fully saturated rings. The van der Waals surface area contributed by atoms with Crippen molar-refractivity contribution in [1.82, 2.24) is 4.98 Å². The Morgan fingerprint density at radius 1 is 1.18 bits per heavy atom. The minimum Gasteiger partial charge on any atom is -0.497 e. The van der Waals surface area contributed by atoms with Crippen LogP contribution in [-0.4, -0.2) is 30.4 Å². The van der Waals surface area contributed by atoms with Gasteiger partial charge in [-0.3, -0.25) is 9.59 Å². The minimum atomic E-state index is -0.120. The van der Waals surface area contributed by atoms with Gasteiger partial charge in [0.2, 0.25) is 5.91 Å². The Morgan fingerprint density at radius 2 is 2.00 bits per heavy atom. The highest BCUT2D eigenvalue weighted by Crippen LogP contribution is 2.24. The number of thioether (sulfide) groups is 1.